The van der Waals surface area contributed by atoms with Gasteiger partial charge in [0, 0.05) is 11.3 Å². The van der Waals surface area contributed by atoms with Gasteiger partial charge in [-0.3, -0.25) is 0 Å². The zero-order chi connectivity index (χ0) is 19.0. The van der Waals surface area contributed by atoms with Crippen LogP contribution in [0, 0.1) is 20.8 Å². The molecule has 1 atom stereocenters. The van der Waals surface area contributed by atoms with Crippen molar-refractivity contribution in [3.05, 3.63) is 70.8 Å². The summed E-state index contributed by atoms with van der Waals surface area (Å²) in [5.74, 6) is 1.39. The van der Waals surface area contributed by atoms with Crippen LogP contribution in [-0.4, -0.2) is 34.7 Å². The van der Waals surface area contributed by atoms with Crippen molar-refractivity contribution in [2.24, 2.45) is 0 Å². The van der Waals surface area contributed by atoms with Gasteiger partial charge in [0.15, 0.2) is 17.3 Å². The van der Waals surface area contributed by atoms with E-state index >= 15 is 0 Å². The maximum Gasteiger partial charge on any atom is 0.178 e. The molecule has 0 radical (unpaired) electrons. The van der Waals surface area contributed by atoms with E-state index in [2.05, 4.69) is 32.5 Å². The van der Waals surface area contributed by atoms with Gasteiger partial charge < -0.3 is 5.11 Å². The smallest absolute Gasteiger partial charge is 0.178 e. The van der Waals surface area contributed by atoms with Crippen molar-refractivity contribution in [3.63, 3.8) is 0 Å². The number of aromatic nitrogens is 6. The minimum Gasteiger partial charge on any atom is -0.388 e. The molecule has 4 rings (SSSR count). The highest BCUT2D eigenvalue weighted by molar-refractivity contribution is 5.41. The summed E-state index contributed by atoms with van der Waals surface area (Å²) in [7, 11) is 0. The molecular weight excluding hydrogens is 340 g/mol. The third-order valence-electron chi connectivity index (χ3n) is 4.85. The predicted molar refractivity (Wildman–Crippen MR) is 102 cm³/mol. The number of benzene rings is 1. The summed E-state index contributed by atoms with van der Waals surface area (Å²) in [5, 5.41) is 28.1. The van der Waals surface area contributed by atoms with Crippen LogP contribution in [0.25, 0.3) is 11.5 Å². The van der Waals surface area contributed by atoms with Gasteiger partial charge in [-0.25, -0.2) is 4.68 Å². The van der Waals surface area contributed by atoms with Crippen LogP contribution in [0.3, 0.4) is 0 Å². The minimum atomic E-state index is -0.570. The van der Waals surface area contributed by atoms with E-state index in [1.807, 2.05) is 51.1 Å². The third-order valence-corrected chi connectivity index (χ3v) is 4.85. The van der Waals surface area contributed by atoms with E-state index in [1.165, 1.54) is 5.56 Å². The van der Waals surface area contributed by atoms with Crippen LogP contribution >= 0.6 is 0 Å². The largest absolute Gasteiger partial charge is 0.388 e. The molecule has 0 saturated carbocycles. The lowest BCUT2D eigenvalue weighted by Gasteiger charge is -2.12. The van der Waals surface area contributed by atoms with Crippen molar-refractivity contribution < 1.29 is 5.11 Å². The fraction of sp³-hybridized carbons (Fsp3) is 0.300. The monoisotopic (exact) mass is 362 g/mol. The molecule has 3 aromatic heterocycles. The van der Waals surface area contributed by atoms with Crippen molar-refractivity contribution in [1.82, 2.24) is 29.6 Å². The molecule has 1 aromatic carbocycles. The molecule has 27 heavy (non-hydrogen) atoms. The quantitative estimate of drug-likeness (QED) is 0.590. The zero-order valence-electron chi connectivity index (χ0n) is 15.7. The first-order valence-corrected chi connectivity index (χ1v) is 9.02. The highest BCUT2D eigenvalue weighted by Crippen LogP contribution is 2.27. The average Bonchev–Trinajstić information content (AvgIpc) is 3.20. The molecule has 7 heteroatoms. The molecule has 7 nitrogen and oxygen atoms in total. The van der Waals surface area contributed by atoms with Crippen molar-refractivity contribution in [1.29, 1.82) is 0 Å². The molecule has 0 aliphatic rings. The van der Waals surface area contributed by atoms with Gasteiger partial charge in [-0.05, 0) is 51.3 Å². The molecule has 0 saturated heterocycles. The highest BCUT2D eigenvalue weighted by Gasteiger charge is 2.20. The summed E-state index contributed by atoms with van der Waals surface area (Å²) < 4.78 is 3.46. The number of aryl methyl sites for hydroxylation is 3. The van der Waals surface area contributed by atoms with Crippen molar-refractivity contribution in [2.75, 3.05) is 0 Å². The second-order valence-corrected chi connectivity index (χ2v) is 6.75. The average molecular weight is 362 g/mol. The van der Waals surface area contributed by atoms with E-state index in [0.29, 0.717) is 17.9 Å². The number of rotatable bonds is 5. The summed E-state index contributed by atoms with van der Waals surface area (Å²) in [4.78, 5) is 0. The van der Waals surface area contributed by atoms with Gasteiger partial charge in [0.1, 0.15) is 0 Å². The SMILES string of the molecule is Cc1nn(-c2ccc3nnc(C)n3n2)c(C)c1C(O)CCc1ccccc1. The second kappa shape index (κ2) is 6.92. The van der Waals surface area contributed by atoms with Crippen LogP contribution in [-0.2, 0) is 6.42 Å². The van der Waals surface area contributed by atoms with Gasteiger partial charge in [0.25, 0.3) is 0 Å². The van der Waals surface area contributed by atoms with Gasteiger partial charge >= 0.3 is 0 Å². The van der Waals surface area contributed by atoms with E-state index in [9.17, 15) is 5.11 Å². The van der Waals surface area contributed by atoms with Crippen LogP contribution in [0.1, 0.15) is 40.9 Å². The molecule has 3 heterocycles. The summed E-state index contributed by atoms with van der Waals surface area (Å²) in [6, 6.07) is 13.9. The number of hydrogen-bond acceptors (Lipinski definition) is 5. The van der Waals surface area contributed by atoms with Crippen LogP contribution in [0.2, 0.25) is 0 Å². The highest BCUT2D eigenvalue weighted by atomic mass is 16.3. The summed E-state index contributed by atoms with van der Waals surface area (Å²) in [5.41, 5.74) is 4.49. The van der Waals surface area contributed by atoms with Crippen LogP contribution in [0.15, 0.2) is 42.5 Å². The molecule has 0 fully saturated rings. The molecular formula is C20H22N6O. The fourth-order valence-electron chi connectivity index (χ4n) is 3.45. The normalized spacial score (nSPS) is 12.6. The Labute approximate surface area is 157 Å². The van der Waals surface area contributed by atoms with Gasteiger partial charge in [-0.1, -0.05) is 30.3 Å². The number of hydrogen-bond donors (Lipinski definition) is 1. The minimum absolute atomic E-state index is 0.570. The topological polar surface area (TPSA) is 81.1 Å². The summed E-state index contributed by atoms with van der Waals surface area (Å²) in [6.45, 7) is 5.75. The summed E-state index contributed by atoms with van der Waals surface area (Å²) in [6.07, 6.45) is 0.893. The lowest BCUT2D eigenvalue weighted by atomic mass is 10.00. The van der Waals surface area contributed by atoms with Crippen LogP contribution in [0.4, 0.5) is 0 Å². The van der Waals surface area contributed by atoms with Crippen molar-refractivity contribution in [3.8, 4) is 5.82 Å². The van der Waals surface area contributed by atoms with Crippen molar-refractivity contribution in [2.45, 2.75) is 39.7 Å². The summed E-state index contributed by atoms with van der Waals surface area (Å²) >= 11 is 0. The number of nitrogens with zero attached hydrogens (tertiary/aromatic N) is 6. The first kappa shape index (κ1) is 17.4. The molecule has 0 bridgehead atoms. The maximum absolute atomic E-state index is 10.8. The molecule has 4 aromatic rings. The second-order valence-electron chi connectivity index (χ2n) is 6.75. The van der Waals surface area contributed by atoms with Crippen LogP contribution < -0.4 is 0 Å². The molecule has 0 spiro atoms. The lowest BCUT2D eigenvalue weighted by Crippen LogP contribution is -2.07. The Balaban J connectivity index is 1.63. The first-order chi connectivity index (χ1) is 13.0. The van der Waals surface area contributed by atoms with E-state index in [-0.39, 0.29) is 0 Å². The Morgan fingerprint density at radius 3 is 2.52 bits per heavy atom. The van der Waals surface area contributed by atoms with Gasteiger partial charge in [-0.15, -0.1) is 15.3 Å². The standard InChI is InChI=1S/C20H22N6O/c1-13-20(17(27)10-9-16-7-5-4-6-8-16)14(2)25(23-13)19-12-11-18-22-21-15(3)26(18)24-19/h4-8,11-12,17,27H,9-10H2,1-3H3. The first-order valence-electron chi connectivity index (χ1n) is 9.02. The van der Waals surface area contributed by atoms with Gasteiger partial charge in [0.05, 0.1) is 11.8 Å². The Morgan fingerprint density at radius 2 is 1.74 bits per heavy atom. The van der Waals surface area contributed by atoms with Gasteiger partial charge in [-0.2, -0.15) is 9.61 Å². The Morgan fingerprint density at radius 1 is 0.963 bits per heavy atom. The molecule has 0 amide bonds. The maximum atomic E-state index is 10.8. The van der Waals surface area contributed by atoms with E-state index in [4.69, 9.17) is 0 Å². The predicted octanol–water partition coefficient (Wildman–Crippen LogP) is 2.90. The number of aliphatic hydroxyl groups is 1. The third kappa shape index (κ3) is 3.21. The Kier molecular flexibility index (Phi) is 4.45. The van der Waals surface area contributed by atoms with Crippen LogP contribution in [0.5, 0.6) is 0 Å². The zero-order valence-corrected chi connectivity index (χ0v) is 15.7. The molecule has 138 valence electrons. The number of aliphatic hydroxyl groups excluding tert-OH is 1. The van der Waals surface area contributed by atoms with E-state index in [0.717, 1.165) is 29.2 Å². The Hall–Kier alpha value is -3.06. The fourth-order valence-corrected chi connectivity index (χ4v) is 3.45. The lowest BCUT2D eigenvalue weighted by molar-refractivity contribution is 0.166. The van der Waals surface area contributed by atoms with E-state index < -0.39 is 6.10 Å². The van der Waals surface area contributed by atoms with Crippen molar-refractivity contribution >= 4 is 5.65 Å². The van der Waals surface area contributed by atoms with E-state index in [1.54, 1.807) is 9.20 Å². The molecule has 0 aliphatic heterocycles. The Bertz CT molecular complexity index is 1080. The molecule has 1 N–H and O–H groups in total. The van der Waals surface area contributed by atoms with Gasteiger partial charge in [0.2, 0.25) is 0 Å². The number of fused-ring (bicyclic) bond motifs is 1. The molecule has 0 aliphatic carbocycles. The molecule has 1 unspecified atom stereocenters.